The van der Waals surface area contributed by atoms with E-state index in [0.29, 0.717) is 13.0 Å². The Morgan fingerprint density at radius 1 is 1.00 bits per heavy atom. The maximum Gasteiger partial charge on any atom is 0.225 e. The first-order valence-electron chi connectivity index (χ1n) is 9.43. The fraction of sp³-hybridized carbons (Fsp3) is 0.944. The highest BCUT2D eigenvalue weighted by atomic mass is 32.2. The molecule has 0 saturated heterocycles. The average Bonchev–Trinajstić information content (AvgIpc) is 2.49. The summed E-state index contributed by atoms with van der Waals surface area (Å²) >= 11 is 0. The van der Waals surface area contributed by atoms with Gasteiger partial charge in [-0.3, -0.25) is 4.79 Å². The summed E-state index contributed by atoms with van der Waals surface area (Å²) in [5, 5.41) is 3.03. The number of rotatable bonds is 14. The molecule has 0 rings (SSSR count). The molecule has 0 aliphatic carbocycles. The quantitative estimate of drug-likeness (QED) is 0.286. The third-order valence-electron chi connectivity index (χ3n) is 4.88. The first kappa shape index (κ1) is 24.3. The summed E-state index contributed by atoms with van der Waals surface area (Å²) in [5.41, 5.74) is -0.296. The van der Waals surface area contributed by atoms with E-state index in [9.17, 15) is 17.8 Å². The Morgan fingerprint density at radius 2 is 1.52 bits per heavy atom. The van der Waals surface area contributed by atoms with Gasteiger partial charge in [-0.15, -0.1) is 0 Å². The average molecular weight is 379 g/mol. The van der Waals surface area contributed by atoms with Crippen molar-refractivity contribution in [2.24, 2.45) is 5.41 Å². The lowest BCUT2D eigenvalue weighted by Crippen LogP contribution is -2.43. The molecule has 0 aromatic heterocycles. The summed E-state index contributed by atoms with van der Waals surface area (Å²) in [4.78, 5) is 12.0. The standard InChI is InChI=1S/C18H38N2O4S/c1-6-18(2,3)17(21)19-13-12-15-20(4,5)14-10-8-7-9-11-16-25(22,23)24/h6-16H2,1-5H3,(H-,19,21,22,23,24). The molecule has 1 N–H and O–H groups in total. The molecule has 0 radical (unpaired) electrons. The van der Waals surface area contributed by atoms with Crippen LogP contribution in [0.5, 0.6) is 0 Å². The molecule has 0 aliphatic heterocycles. The van der Waals surface area contributed by atoms with Crippen LogP contribution in [-0.4, -0.2) is 62.8 Å². The number of carbonyl (C=O) groups is 1. The minimum Gasteiger partial charge on any atom is -0.748 e. The molecule has 0 bridgehead atoms. The largest absolute Gasteiger partial charge is 0.748 e. The highest BCUT2D eigenvalue weighted by Gasteiger charge is 2.24. The van der Waals surface area contributed by atoms with Gasteiger partial charge >= 0.3 is 0 Å². The van der Waals surface area contributed by atoms with Gasteiger partial charge in [0.1, 0.15) is 0 Å². The zero-order chi connectivity index (χ0) is 19.6. The Labute approximate surface area is 154 Å². The monoisotopic (exact) mass is 378 g/mol. The zero-order valence-electron chi connectivity index (χ0n) is 16.8. The topological polar surface area (TPSA) is 86.3 Å². The van der Waals surface area contributed by atoms with E-state index in [-0.39, 0.29) is 17.1 Å². The summed E-state index contributed by atoms with van der Waals surface area (Å²) < 4.78 is 32.4. The minimum atomic E-state index is -4.05. The Kier molecular flexibility index (Phi) is 10.8. The fourth-order valence-corrected chi connectivity index (χ4v) is 3.13. The molecule has 0 atom stereocenters. The van der Waals surface area contributed by atoms with Crippen LogP contribution in [0.25, 0.3) is 0 Å². The number of hydrogen-bond acceptors (Lipinski definition) is 4. The van der Waals surface area contributed by atoms with Crippen molar-refractivity contribution in [3.8, 4) is 0 Å². The molecule has 0 aliphatic rings. The molecular formula is C18H38N2O4S. The number of quaternary nitrogens is 1. The normalized spacial score (nSPS) is 13.0. The molecule has 25 heavy (non-hydrogen) atoms. The van der Waals surface area contributed by atoms with Gasteiger partial charge in [0.25, 0.3) is 0 Å². The van der Waals surface area contributed by atoms with Gasteiger partial charge in [-0.1, -0.05) is 33.6 Å². The second kappa shape index (κ2) is 11.1. The SMILES string of the molecule is CCC(C)(C)C(=O)NCCC[N+](C)(C)CCCCCCCS(=O)(=O)[O-]. The number of unbranched alkanes of at least 4 members (excludes halogenated alkanes) is 4. The van der Waals surface area contributed by atoms with Crippen molar-refractivity contribution in [1.29, 1.82) is 0 Å². The van der Waals surface area contributed by atoms with Crippen LogP contribution < -0.4 is 5.32 Å². The molecule has 150 valence electrons. The summed E-state index contributed by atoms with van der Waals surface area (Å²) in [6.07, 6.45) is 6.18. The predicted molar refractivity (Wildman–Crippen MR) is 101 cm³/mol. The number of hydrogen-bond donors (Lipinski definition) is 1. The first-order valence-corrected chi connectivity index (χ1v) is 11.0. The van der Waals surface area contributed by atoms with Crippen LogP contribution in [0.4, 0.5) is 0 Å². The molecule has 6 nitrogen and oxygen atoms in total. The molecular weight excluding hydrogens is 340 g/mol. The van der Waals surface area contributed by atoms with E-state index >= 15 is 0 Å². The van der Waals surface area contributed by atoms with Gasteiger partial charge in [0, 0.05) is 24.1 Å². The van der Waals surface area contributed by atoms with E-state index < -0.39 is 10.1 Å². The van der Waals surface area contributed by atoms with E-state index in [0.717, 1.165) is 56.1 Å². The molecule has 0 fully saturated rings. The van der Waals surface area contributed by atoms with Crippen molar-refractivity contribution in [2.45, 2.75) is 65.7 Å². The predicted octanol–water partition coefficient (Wildman–Crippen LogP) is 2.50. The van der Waals surface area contributed by atoms with Crippen LogP contribution in [0.3, 0.4) is 0 Å². The van der Waals surface area contributed by atoms with Gasteiger partial charge in [0.05, 0.1) is 37.3 Å². The Morgan fingerprint density at radius 3 is 2.08 bits per heavy atom. The fourth-order valence-electron chi connectivity index (χ4n) is 2.57. The summed E-state index contributed by atoms with van der Waals surface area (Å²) in [5.74, 6) is -0.116. The van der Waals surface area contributed by atoms with Crippen LogP contribution >= 0.6 is 0 Å². The van der Waals surface area contributed by atoms with E-state index in [1.165, 1.54) is 0 Å². The lowest BCUT2D eigenvalue weighted by atomic mass is 9.89. The van der Waals surface area contributed by atoms with Gasteiger partial charge in [0.15, 0.2) is 0 Å². The maximum absolute atomic E-state index is 12.0. The Bertz CT molecular complexity index is 487. The maximum atomic E-state index is 12.0. The van der Waals surface area contributed by atoms with Crippen LogP contribution in [0.15, 0.2) is 0 Å². The first-order chi connectivity index (χ1) is 11.4. The van der Waals surface area contributed by atoms with Crippen molar-refractivity contribution < 1.29 is 22.2 Å². The lowest BCUT2D eigenvalue weighted by Gasteiger charge is -2.30. The molecule has 0 spiro atoms. The van der Waals surface area contributed by atoms with Crippen LogP contribution in [0.2, 0.25) is 0 Å². The highest BCUT2D eigenvalue weighted by molar-refractivity contribution is 7.85. The third-order valence-corrected chi connectivity index (χ3v) is 5.67. The molecule has 0 saturated carbocycles. The lowest BCUT2D eigenvalue weighted by molar-refractivity contribution is -0.890. The van der Waals surface area contributed by atoms with Crippen molar-refractivity contribution in [3.05, 3.63) is 0 Å². The van der Waals surface area contributed by atoms with Crippen LogP contribution in [0, 0.1) is 5.41 Å². The van der Waals surface area contributed by atoms with Crippen LogP contribution in [-0.2, 0) is 14.9 Å². The molecule has 0 aromatic rings. The second-order valence-electron chi connectivity index (χ2n) is 8.26. The number of nitrogens with zero attached hydrogens (tertiary/aromatic N) is 1. The number of carbonyl (C=O) groups excluding carboxylic acids is 1. The Hall–Kier alpha value is -0.660. The zero-order valence-corrected chi connectivity index (χ0v) is 17.6. The summed E-state index contributed by atoms with van der Waals surface area (Å²) in [6, 6.07) is 0. The second-order valence-corrected chi connectivity index (χ2v) is 9.78. The third kappa shape index (κ3) is 13.2. The van der Waals surface area contributed by atoms with Gasteiger partial charge in [-0.05, 0) is 25.7 Å². The number of amides is 1. The molecule has 0 aromatic carbocycles. The van der Waals surface area contributed by atoms with E-state index in [2.05, 4.69) is 19.4 Å². The minimum absolute atomic E-state index is 0.125. The van der Waals surface area contributed by atoms with Crippen LogP contribution in [0.1, 0.15) is 65.7 Å². The Balaban J connectivity index is 3.76. The van der Waals surface area contributed by atoms with Crippen molar-refractivity contribution in [2.75, 3.05) is 39.5 Å². The van der Waals surface area contributed by atoms with Crippen molar-refractivity contribution in [1.82, 2.24) is 5.32 Å². The highest BCUT2D eigenvalue weighted by Crippen LogP contribution is 2.19. The summed E-state index contributed by atoms with van der Waals surface area (Å²) in [6.45, 7) is 8.76. The van der Waals surface area contributed by atoms with E-state index in [1.807, 2.05) is 20.8 Å². The molecule has 1 amide bonds. The van der Waals surface area contributed by atoms with E-state index in [4.69, 9.17) is 0 Å². The smallest absolute Gasteiger partial charge is 0.225 e. The van der Waals surface area contributed by atoms with E-state index in [1.54, 1.807) is 0 Å². The molecule has 7 heteroatoms. The molecule has 0 unspecified atom stereocenters. The summed E-state index contributed by atoms with van der Waals surface area (Å²) in [7, 11) is 0.339. The van der Waals surface area contributed by atoms with Crippen molar-refractivity contribution >= 4 is 16.0 Å². The van der Waals surface area contributed by atoms with Gasteiger partial charge in [0.2, 0.25) is 5.91 Å². The molecule has 0 heterocycles. The van der Waals surface area contributed by atoms with Gasteiger partial charge in [-0.2, -0.15) is 0 Å². The van der Waals surface area contributed by atoms with Gasteiger partial charge < -0.3 is 14.4 Å². The van der Waals surface area contributed by atoms with Gasteiger partial charge in [-0.25, -0.2) is 8.42 Å². The van der Waals surface area contributed by atoms with Crippen molar-refractivity contribution in [3.63, 3.8) is 0 Å². The number of nitrogens with one attached hydrogen (secondary N) is 1.